The Labute approximate surface area is 155 Å². The maximum absolute atomic E-state index is 12.8. The van der Waals surface area contributed by atoms with E-state index in [4.69, 9.17) is 4.74 Å². The van der Waals surface area contributed by atoms with Crippen LogP contribution in [0.2, 0.25) is 0 Å². The molecule has 2 heterocycles. The van der Waals surface area contributed by atoms with Crippen molar-refractivity contribution in [2.24, 2.45) is 0 Å². The van der Waals surface area contributed by atoms with Crippen LogP contribution in [0.3, 0.4) is 0 Å². The van der Waals surface area contributed by atoms with E-state index in [1.165, 1.54) is 4.57 Å². The molecule has 1 saturated heterocycles. The average molecular weight is 374 g/mol. The van der Waals surface area contributed by atoms with E-state index in [2.05, 4.69) is 0 Å². The van der Waals surface area contributed by atoms with Crippen molar-refractivity contribution in [1.29, 1.82) is 0 Å². The Morgan fingerprint density at radius 3 is 2.44 bits per heavy atom. The van der Waals surface area contributed by atoms with Gasteiger partial charge < -0.3 is 19.1 Å². The summed E-state index contributed by atoms with van der Waals surface area (Å²) in [6.45, 7) is 5.70. The van der Waals surface area contributed by atoms with Crippen LogP contribution in [0.1, 0.15) is 13.8 Å². The van der Waals surface area contributed by atoms with Crippen LogP contribution >= 0.6 is 0 Å². The molecule has 1 aromatic carbocycles. The number of rotatable bonds is 4. The molecule has 9 nitrogen and oxygen atoms in total. The number of para-hydroxylation sites is 1. The summed E-state index contributed by atoms with van der Waals surface area (Å²) in [5.74, 6) is 0. The van der Waals surface area contributed by atoms with Crippen molar-refractivity contribution in [2.75, 3.05) is 37.7 Å². The zero-order valence-electron chi connectivity index (χ0n) is 15.4. The fourth-order valence-corrected chi connectivity index (χ4v) is 3.50. The molecule has 1 amide bonds. The summed E-state index contributed by atoms with van der Waals surface area (Å²) in [5.41, 5.74) is -0.0311. The van der Waals surface area contributed by atoms with Crippen LogP contribution in [0, 0.1) is 10.1 Å². The molecule has 0 aliphatic carbocycles. The van der Waals surface area contributed by atoms with Gasteiger partial charge in [-0.3, -0.25) is 14.9 Å². The smallest absolute Gasteiger partial charge is 0.409 e. The fraction of sp³-hybridized carbons (Fsp3) is 0.444. The molecule has 3 rings (SSSR count). The Morgan fingerprint density at radius 2 is 1.85 bits per heavy atom. The third kappa shape index (κ3) is 3.32. The summed E-state index contributed by atoms with van der Waals surface area (Å²) in [6, 6.07) is 7.19. The van der Waals surface area contributed by atoms with E-state index in [1.807, 2.05) is 11.0 Å². The molecule has 144 valence electrons. The Hall–Kier alpha value is -3.10. The Bertz CT molecular complexity index is 931. The largest absolute Gasteiger partial charge is 0.450 e. The minimum atomic E-state index is -0.607. The first-order valence-corrected chi connectivity index (χ1v) is 8.96. The highest BCUT2D eigenvalue weighted by atomic mass is 16.6. The van der Waals surface area contributed by atoms with E-state index >= 15 is 0 Å². The standard InChI is InChI=1S/C18H22N4O5/c1-3-21-14-8-6-5-7-13(14)15(16(17(21)23)22(25)26)19-9-11-20(12-10-19)18(24)27-4-2/h5-8H,3-4,9-12H2,1-2H3. The SMILES string of the molecule is CCOC(=O)N1CCN(c2c([N+](=O)[O-])c(=O)n(CC)c3ccccc23)CC1. The molecule has 1 fully saturated rings. The summed E-state index contributed by atoms with van der Waals surface area (Å²) in [7, 11) is 0. The lowest BCUT2D eigenvalue weighted by molar-refractivity contribution is -0.385. The van der Waals surface area contributed by atoms with Crippen LogP contribution in [0.4, 0.5) is 16.2 Å². The predicted octanol–water partition coefficient (Wildman–Crippen LogP) is 2.21. The molecule has 0 N–H and O–H groups in total. The molecule has 1 aromatic heterocycles. The number of nitro groups is 1. The van der Waals surface area contributed by atoms with Gasteiger partial charge in [0, 0.05) is 38.1 Å². The van der Waals surface area contributed by atoms with Gasteiger partial charge in [-0.2, -0.15) is 0 Å². The van der Waals surface area contributed by atoms with Gasteiger partial charge in [0.1, 0.15) is 5.69 Å². The number of aromatic nitrogens is 1. The van der Waals surface area contributed by atoms with E-state index in [9.17, 15) is 19.7 Å². The van der Waals surface area contributed by atoms with E-state index in [1.54, 1.807) is 36.9 Å². The third-order valence-electron chi connectivity index (χ3n) is 4.74. The van der Waals surface area contributed by atoms with Crippen LogP contribution in [0.25, 0.3) is 10.9 Å². The molecule has 0 spiro atoms. The number of piperazine rings is 1. The Balaban J connectivity index is 2.07. The lowest BCUT2D eigenvalue weighted by atomic mass is 10.1. The van der Waals surface area contributed by atoms with Gasteiger partial charge in [-0.1, -0.05) is 18.2 Å². The van der Waals surface area contributed by atoms with Crippen molar-refractivity contribution in [3.05, 3.63) is 44.7 Å². The number of benzene rings is 1. The monoisotopic (exact) mass is 374 g/mol. The number of hydrogen-bond donors (Lipinski definition) is 0. The minimum absolute atomic E-state index is 0.296. The van der Waals surface area contributed by atoms with Crippen LogP contribution in [-0.2, 0) is 11.3 Å². The van der Waals surface area contributed by atoms with Gasteiger partial charge in [0.25, 0.3) is 0 Å². The number of hydrogen-bond acceptors (Lipinski definition) is 6. The molecule has 0 saturated carbocycles. The fourth-order valence-electron chi connectivity index (χ4n) is 3.50. The van der Waals surface area contributed by atoms with Crippen molar-refractivity contribution in [2.45, 2.75) is 20.4 Å². The molecular formula is C18H22N4O5. The highest BCUT2D eigenvalue weighted by Gasteiger charge is 2.31. The van der Waals surface area contributed by atoms with E-state index in [0.29, 0.717) is 55.9 Å². The van der Waals surface area contributed by atoms with Crippen molar-refractivity contribution in [3.63, 3.8) is 0 Å². The average Bonchev–Trinajstić information content (AvgIpc) is 2.67. The van der Waals surface area contributed by atoms with Gasteiger partial charge >= 0.3 is 17.3 Å². The van der Waals surface area contributed by atoms with Gasteiger partial charge in [-0.05, 0) is 19.9 Å². The molecule has 0 radical (unpaired) electrons. The number of ether oxygens (including phenoxy) is 1. The van der Waals surface area contributed by atoms with Crippen LogP contribution < -0.4 is 10.5 Å². The summed E-state index contributed by atoms with van der Waals surface area (Å²) in [5, 5.41) is 12.4. The third-order valence-corrected chi connectivity index (χ3v) is 4.74. The highest BCUT2D eigenvalue weighted by molar-refractivity contribution is 5.96. The number of amides is 1. The number of nitrogens with zero attached hydrogens (tertiary/aromatic N) is 4. The molecule has 9 heteroatoms. The van der Waals surface area contributed by atoms with Crippen molar-refractivity contribution < 1.29 is 14.5 Å². The maximum atomic E-state index is 12.8. The Morgan fingerprint density at radius 1 is 1.19 bits per heavy atom. The summed E-state index contributed by atoms with van der Waals surface area (Å²) in [6.07, 6.45) is -0.391. The lowest BCUT2D eigenvalue weighted by Gasteiger charge is -2.35. The van der Waals surface area contributed by atoms with Crippen molar-refractivity contribution in [1.82, 2.24) is 9.47 Å². The minimum Gasteiger partial charge on any atom is -0.450 e. The van der Waals surface area contributed by atoms with Crippen LogP contribution in [-0.4, -0.2) is 53.3 Å². The summed E-state index contributed by atoms with van der Waals surface area (Å²) >= 11 is 0. The second kappa shape index (κ2) is 7.65. The first kappa shape index (κ1) is 18.7. The second-order valence-electron chi connectivity index (χ2n) is 6.19. The molecule has 0 bridgehead atoms. The van der Waals surface area contributed by atoms with E-state index in [-0.39, 0.29) is 0 Å². The number of aryl methyl sites for hydroxylation is 1. The zero-order chi connectivity index (χ0) is 19.6. The molecule has 1 aliphatic rings. The second-order valence-corrected chi connectivity index (χ2v) is 6.19. The van der Waals surface area contributed by atoms with Gasteiger partial charge in [0.2, 0.25) is 0 Å². The Kier molecular flexibility index (Phi) is 5.29. The highest BCUT2D eigenvalue weighted by Crippen LogP contribution is 2.34. The molecule has 1 aliphatic heterocycles. The summed E-state index contributed by atoms with van der Waals surface area (Å²) in [4.78, 5) is 39.2. The molecule has 0 atom stereocenters. The van der Waals surface area contributed by atoms with Gasteiger partial charge in [-0.15, -0.1) is 0 Å². The number of anilines is 1. The summed E-state index contributed by atoms with van der Waals surface area (Å²) < 4.78 is 6.43. The predicted molar refractivity (Wildman–Crippen MR) is 101 cm³/mol. The van der Waals surface area contributed by atoms with Crippen molar-refractivity contribution in [3.8, 4) is 0 Å². The topological polar surface area (TPSA) is 97.9 Å². The first-order chi connectivity index (χ1) is 13.0. The number of carbonyl (C=O) groups excluding carboxylic acids is 1. The van der Waals surface area contributed by atoms with Gasteiger partial charge in [-0.25, -0.2) is 4.79 Å². The van der Waals surface area contributed by atoms with Crippen molar-refractivity contribution >= 4 is 28.4 Å². The number of pyridine rings is 1. The quantitative estimate of drug-likeness (QED) is 0.601. The van der Waals surface area contributed by atoms with Gasteiger partial charge in [0.15, 0.2) is 0 Å². The van der Waals surface area contributed by atoms with E-state index in [0.717, 1.165) is 0 Å². The van der Waals surface area contributed by atoms with E-state index < -0.39 is 22.3 Å². The first-order valence-electron chi connectivity index (χ1n) is 8.96. The number of fused-ring (bicyclic) bond motifs is 1. The lowest BCUT2D eigenvalue weighted by Crippen LogP contribution is -2.49. The van der Waals surface area contributed by atoms with Crippen LogP contribution in [0.5, 0.6) is 0 Å². The molecule has 27 heavy (non-hydrogen) atoms. The maximum Gasteiger partial charge on any atom is 0.409 e. The van der Waals surface area contributed by atoms with Gasteiger partial charge in [0.05, 0.1) is 17.0 Å². The molecule has 2 aromatic rings. The number of carbonyl (C=O) groups is 1. The molecular weight excluding hydrogens is 352 g/mol. The molecule has 0 unspecified atom stereocenters. The zero-order valence-corrected chi connectivity index (χ0v) is 15.4. The normalized spacial score (nSPS) is 14.4. The van der Waals surface area contributed by atoms with Crippen LogP contribution in [0.15, 0.2) is 29.1 Å².